The Balaban J connectivity index is 3.11. The molecule has 112 valence electrons. The van der Waals surface area contributed by atoms with Gasteiger partial charge in [0, 0.05) is 11.1 Å². The Morgan fingerprint density at radius 1 is 1.30 bits per heavy atom. The van der Waals surface area contributed by atoms with Gasteiger partial charge in [0.2, 0.25) is 0 Å². The standard InChI is InChI=1S/C12H16ClNO5S/c1-2-3-4-5-6-9-7-11(14(15)16)12(8-10(9)13)20(17,18)19/h7-8H,2-6H2,1H3,(H,17,18,19). The van der Waals surface area contributed by atoms with Gasteiger partial charge in [0.15, 0.2) is 4.90 Å². The first-order chi connectivity index (χ1) is 9.27. The summed E-state index contributed by atoms with van der Waals surface area (Å²) in [4.78, 5) is 9.28. The van der Waals surface area contributed by atoms with E-state index in [1.54, 1.807) is 0 Å². The van der Waals surface area contributed by atoms with Gasteiger partial charge in [0.1, 0.15) is 0 Å². The van der Waals surface area contributed by atoms with Crippen LogP contribution in [0.3, 0.4) is 0 Å². The topological polar surface area (TPSA) is 97.5 Å². The molecule has 8 heteroatoms. The Morgan fingerprint density at radius 2 is 1.95 bits per heavy atom. The number of hydrogen-bond acceptors (Lipinski definition) is 4. The molecule has 0 aliphatic heterocycles. The predicted molar refractivity (Wildman–Crippen MR) is 75.8 cm³/mol. The molecule has 20 heavy (non-hydrogen) atoms. The van der Waals surface area contributed by atoms with E-state index in [9.17, 15) is 18.5 Å². The summed E-state index contributed by atoms with van der Waals surface area (Å²) in [6, 6.07) is 2.06. The molecule has 0 atom stereocenters. The zero-order valence-corrected chi connectivity index (χ0v) is 12.6. The molecule has 0 amide bonds. The largest absolute Gasteiger partial charge is 0.301 e. The molecule has 0 saturated heterocycles. The molecular weight excluding hydrogens is 306 g/mol. The number of halogens is 1. The summed E-state index contributed by atoms with van der Waals surface area (Å²) in [5, 5.41) is 11.0. The highest BCUT2D eigenvalue weighted by molar-refractivity contribution is 7.86. The molecule has 6 nitrogen and oxygen atoms in total. The third-order valence-electron chi connectivity index (χ3n) is 2.90. The minimum Gasteiger partial charge on any atom is -0.282 e. The van der Waals surface area contributed by atoms with E-state index in [0.29, 0.717) is 12.0 Å². The van der Waals surface area contributed by atoms with Gasteiger partial charge >= 0.3 is 10.1 Å². The average molecular weight is 322 g/mol. The SMILES string of the molecule is CCCCCCc1cc([N+](=O)[O-])c(S(=O)(=O)O)cc1Cl. The van der Waals surface area contributed by atoms with E-state index in [0.717, 1.165) is 37.8 Å². The van der Waals surface area contributed by atoms with Crippen LogP contribution in [0, 0.1) is 10.1 Å². The third kappa shape index (κ3) is 4.43. The molecular formula is C12H16ClNO5S. The first kappa shape index (κ1) is 16.9. The molecule has 1 aromatic carbocycles. The summed E-state index contributed by atoms with van der Waals surface area (Å²) in [5.74, 6) is 0. The fourth-order valence-corrected chi connectivity index (χ4v) is 2.86. The Labute approximate surface area is 122 Å². The number of nitrogens with zero attached hydrogens (tertiary/aromatic N) is 1. The Morgan fingerprint density at radius 3 is 2.45 bits per heavy atom. The van der Waals surface area contributed by atoms with Crippen LogP contribution in [-0.4, -0.2) is 17.9 Å². The van der Waals surface area contributed by atoms with Gasteiger partial charge in [-0.2, -0.15) is 8.42 Å². The fraction of sp³-hybridized carbons (Fsp3) is 0.500. The second kappa shape index (κ2) is 7.01. The van der Waals surface area contributed by atoms with Gasteiger partial charge in [-0.15, -0.1) is 0 Å². The van der Waals surface area contributed by atoms with Crippen LogP contribution in [0.25, 0.3) is 0 Å². The molecule has 0 aromatic heterocycles. The Hall–Kier alpha value is -1.18. The highest BCUT2D eigenvalue weighted by Gasteiger charge is 2.26. The molecule has 0 radical (unpaired) electrons. The maximum absolute atomic E-state index is 11.1. The van der Waals surface area contributed by atoms with Crippen LogP contribution in [0.1, 0.15) is 38.2 Å². The van der Waals surface area contributed by atoms with Crippen LogP contribution in [-0.2, 0) is 16.5 Å². The summed E-state index contributed by atoms with van der Waals surface area (Å²) in [5.41, 5.74) is -0.135. The minimum absolute atomic E-state index is 0.111. The lowest BCUT2D eigenvalue weighted by Crippen LogP contribution is -2.05. The van der Waals surface area contributed by atoms with Crippen LogP contribution in [0.2, 0.25) is 5.02 Å². The maximum Gasteiger partial charge on any atom is 0.301 e. The van der Waals surface area contributed by atoms with E-state index in [2.05, 4.69) is 6.92 Å². The normalized spacial score (nSPS) is 11.6. The van der Waals surface area contributed by atoms with Crippen LogP contribution in [0.5, 0.6) is 0 Å². The monoisotopic (exact) mass is 321 g/mol. The minimum atomic E-state index is -4.67. The van der Waals surface area contributed by atoms with E-state index in [4.69, 9.17) is 16.2 Å². The molecule has 1 N–H and O–H groups in total. The van der Waals surface area contributed by atoms with Gasteiger partial charge in [0.05, 0.1) is 4.92 Å². The highest BCUT2D eigenvalue weighted by Crippen LogP contribution is 2.31. The molecule has 0 spiro atoms. The maximum atomic E-state index is 11.1. The highest BCUT2D eigenvalue weighted by atomic mass is 35.5. The van der Waals surface area contributed by atoms with E-state index in [-0.39, 0.29) is 5.02 Å². The van der Waals surface area contributed by atoms with Gasteiger partial charge in [-0.05, 0) is 24.5 Å². The third-order valence-corrected chi connectivity index (χ3v) is 4.14. The van der Waals surface area contributed by atoms with E-state index in [1.807, 2.05) is 0 Å². The molecule has 0 fully saturated rings. The van der Waals surface area contributed by atoms with Crippen LogP contribution in [0.4, 0.5) is 5.69 Å². The van der Waals surface area contributed by atoms with Crippen molar-refractivity contribution in [2.45, 2.75) is 43.9 Å². The van der Waals surface area contributed by atoms with Gasteiger partial charge in [-0.25, -0.2) is 0 Å². The zero-order valence-electron chi connectivity index (χ0n) is 11.0. The molecule has 0 aliphatic rings. The fourth-order valence-electron chi connectivity index (χ4n) is 1.87. The van der Waals surface area contributed by atoms with Crippen LogP contribution < -0.4 is 0 Å². The van der Waals surface area contributed by atoms with Crippen molar-refractivity contribution in [2.75, 3.05) is 0 Å². The van der Waals surface area contributed by atoms with Crippen LogP contribution in [0.15, 0.2) is 17.0 Å². The van der Waals surface area contributed by atoms with Crippen molar-refractivity contribution in [1.82, 2.24) is 0 Å². The number of unbranched alkanes of at least 4 members (excludes halogenated alkanes) is 3. The lowest BCUT2D eigenvalue weighted by molar-refractivity contribution is -0.387. The Kier molecular flexibility index (Phi) is 5.91. The van der Waals surface area contributed by atoms with Crippen molar-refractivity contribution in [3.63, 3.8) is 0 Å². The second-order valence-electron chi connectivity index (χ2n) is 4.45. The summed E-state index contributed by atoms with van der Waals surface area (Å²) in [7, 11) is -4.67. The van der Waals surface area contributed by atoms with Crippen LogP contribution >= 0.6 is 11.6 Å². The number of benzene rings is 1. The van der Waals surface area contributed by atoms with Crippen molar-refractivity contribution in [3.8, 4) is 0 Å². The van der Waals surface area contributed by atoms with E-state index >= 15 is 0 Å². The van der Waals surface area contributed by atoms with Crippen molar-refractivity contribution < 1.29 is 17.9 Å². The molecule has 0 bridgehead atoms. The van der Waals surface area contributed by atoms with Crippen molar-refractivity contribution in [3.05, 3.63) is 32.8 Å². The van der Waals surface area contributed by atoms with Gasteiger partial charge in [-0.3, -0.25) is 14.7 Å². The quantitative estimate of drug-likeness (QED) is 0.358. The molecule has 1 aromatic rings. The number of nitro groups is 1. The number of hydrogen-bond donors (Lipinski definition) is 1. The zero-order chi connectivity index (χ0) is 15.3. The first-order valence-electron chi connectivity index (χ1n) is 6.21. The van der Waals surface area contributed by atoms with Crippen molar-refractivity contribution in [1.29, 1.82) is 0 Å². The van der Waals surface area contributed by atoms with Crippen molar-refractivity contribution >= 4 is 27.4 Å². The number of rotatable bonds is 7. The number of aryl methyl sites for hydroxylation is 1. The molecule has 0 saturated carbocycles. The Bertz CT molecular complexity index is 600. The van der Waals surface area contributed by atoms with E-state index in [1.165, 1.54) is 0 Å². The number of nitro benzene ring substituents is 1. The van der Waals surface area contributed by atoms with Gasteiger partial charge in [-0.1, -0.05) is 37.8 Å². The van der Waals surface area contributed by atoms with Gasteiger partial charge < -0.3 is 0 Å². The van der Waals surface area contributed by atoms with Crippen molar-refractivity contribution in [2.24, 2.45) is 0 Å². The van der Waals surface area contributed by atoms with Gasteiger partial charge in [0.25, 0.3) is 5.69 Å². The second-order valence-corrected chi connectivity index (χ2v) is 6.25. The molecule has 0 aliphatic carbocycles. The first-order valence-corrected chi connectivity index (χ1v) is 8.03. The summed E-state index contributed by atoms with van der Waals surface area (Å²) >= 11 is 5.93. The lowest BCUT2D eigenvalue weighted by Gasteiger charge is -2.07. The molecule has 1 rings (SSSR count). The van der Waals surface area contributed by atoms with E-state index < -0.39 is 25.6 Å². The summed E-state index contributed by atoms with van der Waals surface area (Å²) in [6.07, 6.45) is 4.44. The lowest BCUT2D eigenvalue weighted by atomic mass is 10.1. The predicted octanol–water partition coefficient (Wildman–Crippen LogP) is 3.62. The smallest absolute Gasteiger partial charge is 0.282 e. The summed E-state index contributed by atoms with van der Waals surface area (Å²) < 4.78 is 31.2. The average Bonchev–Trinajstić information content (AvgIpc) is 2.34. The molecule has 0 heterocycles. The molecule has 0 unspecified atom stereocenters. The summed E-state index contributed by atoms with van der Waals surface area (Å²) in [6.45, 7) is 2.07.